The Bertz CT molecular complexity index is 937. The predicted molar refractivity (Wildman–Crippen MR) is 98.0 cm³/mol. The monoisotopic (exact) mass is 369 g/mol. The summed E-state index contributed by atoms with van der Waals surface area (Å²) in [5.74, 6) is 0.116. The van der Waals surface area contributed by atoms with Gasteiger partial charge in [-0.05, 0) is 41.6 Å². The number of carbonyl (C=O) groups is 2. The van der Waals surface area contributed by atoms with Crippen molar-refractivity contribution in [2.45, 2.75) is 19.9 Å². The number of benzene rings is 2. The van der Waals surface area contributed by atoms with Crippen LogP contribution in [0.1, 0.15) is 23.7 Å². The van der Waals surface area contributed by atoms with Gasteiger partial charge in [0.25, 0.3) is 0 Å². The molecule has 0 saturated heterocycles. The number of hydrogen-bond acceptors (Lipinski definition) is 5. The zero-order valence-electron chi connectivity index (χ0n) is 14.0. The summed E-state index contributed by atoms with van der Waals surface area (Å²) < 4.78 is 0. The molecule has 0 bridgehead atoms. The molecule has 1 amide bonds. The van der Waals surface area contributed by atoms with Crippen LogP contribution in [-0.2, 0) is 11.3 Å². The number of aromatic nitrogens is 4. The Hall–Kier alpha value is -3.06. The second-order valence-corrected chi connectivity index (χ2v) is 5.93. The number of amides is 1. The molecule has 0 radical (unpaired) electrons. The number of hydrogen-bond donors (Lipinski definition) is 1. The van der Waals surface area contributed by atoms with Crippen molar-refractivity contribution < 1.29 is 9.59 Å². The zero-order chi connectivity index (χ0) is 18.5. The number of tetrazole rings is 1. The number of halogens is 1. The number of nitrogens with zero attached hydrogens (tertiary/aromatic N) is 4. The van der Waals surface area contributed by atoms with E-state index < -0.39 is 0 Å². The fraction of sp³-hybridized carbons (Fsp3) is 0.167. The van der Waals surface area contributed by atoms with E-state index in [-0.39, 0.29) is 18.2 Å². The molecule has 0 unspecified atom stereocenters. The molecule has 132 valence electrons. The molecule has 1 N–H and O–H groups in total. The molecule has 0 spiro atoms. The van der Waals surface area contributed by atoms with E-state index in [0.29, 0.717) is 34.1 Å². The highest BCUT2D eigenvalue weighted by molar-refractivity contribution is 6.33. The van der Waals surface area contributed by atoms with Gasteiger partial charge in [-0.2, -0.15) is 4.80 Å². The molecule has 0 aliphatic carbocycles. The predicted octanol–water partition coefficient (Wildman–Crippen LogP) is 3.22. The second kappa shape index (κ2) is 7.88. The summed E-state index contributed by atoms with van der Waals surface area (Å²) >= 11 is 6.12. The van der Waals surface area contributed by atoms with Gasteiger partial charge in [0.1, 0.15) is 6.54 Å². The molecule has 8 heteroatoms. The first-order valence-corrected chi connectivity index (χ1v) is 8.40. The van der Waals surface area contributed by atoms with Gasteiger partial charge in [0.15, 0.2) is 5.78 Å². The third-order valence-corrected chi connectivity index (χ3v) is 3.99. The van der Waals surface area contributed by atoms with Crippen LogP contribution < -0.4 is 5.32 Å². The number of carbonyl (C=O) groups excluding carboxylic acids is 2. The minimum absolute atomic E-state index is 0.0435. The highest BCUT2D eigenvalue weighted by Gasteiger charge is 2.13. The van der Waals surface area contributed by atoms with Crippen molar-refractivity contribution in [3.63, 3.8) is 0 Å². The minimum Gasteiger partial charge on any atom is -0.326 e. The highest BCUT2D eigenvalue weighted by atomic mass is 35.5. The van der Waals surface area contributed by atoms with Gasteiger partial charge in [0.2, 0.25) is 11.7 Å². The van der Waals surface area contributed by atoms with Gasteiger partial charge >= 0.3 is 0 Å². The lowest BCUT2D eigenvalue weighted by atomic mass is 10.1. The molecular weight excluding hydrogens is 354 g/mol. The van der Waals surface area contributed by atoms with Gasteiger partial charge in [0.05, 0.1) is 5.02 Å². The van der Waals surface area contributed by atoms with Crippen molar-refractivity contribution in [1.29, 1.82) is 0 Å². The molecule has 0 aliphatic heterocycles. The Kier molecular flexibility index (Phi) is 5.38. The maximum atomic E-state index is 12.4. The van der Waals surface area contributed by atoms with Crippen LogP contribution in [0.4, 0.5) is 5.69 Å². The largest absolute Gasteiger partial charge is 0.326 e. The van der Waals surface area contributed by atoms with E-state index in [0.717, 1.165) is 0 Å². The Morgan fingerprint density at radius 1 is 1.12 bits per heavy atom. The van der Waals surface area contributed by atoms with E-state index in [4.69, 9.17) is 11.6 Å². The van der Waals surface area contributed by atoms with E-state index in [1.165, 1.54) is 4.80 Å². The van der Waals surface area contributed by atoms with Crippen LogP contribution in [0.15, 0.2) is 48.5 Å². The number of Topliss-reactive ketones (excluding diaryl/α,β-unsaturated/α-hetero) is 1. The molecule has 2 aromatic carbocycles. The van der Waals surface area contributed by atoms with E-state index in [9.17, 15) is 9.59 Å². The Balaban J connectivity index is 1.69. The standard InChI is InChI=1S/C18H16ClN5O2/c1-2-17(26)20-13-9-7-12(8-10-13)16(25)11-24-22-18(21-23-24)14-5-3-4-6-15(14)19/h3-10H,2,11H2,1H3,(H,20,26). The summed E-state index contributed by atoms with van der Waals surface area (Å²) in [6.07, 6.45) is 0.395. The number of nitrogens with one attached hydrogen (secondary N) is 1. The molecule has 1 heterocycles. The Labute approximate surface area is 155 Å². The van der Waals surface area contributed by atoms with Gasteiger partial charge in [-0.15, -0.1) is 10.2 Å². The molecule has 7 nitrogen and oxygen atoms in total. The van der Waals surface area contributed by atoms with Crippen LogP contribution in [0.3, 0.4) is 0 Å². The van der Waals surface area contributed by atoms with Crippen molar-refractivity contribution in [2.24, 2.45) is 0 Å². The van der Waals surface area contributed by atoms with Crippen LogP contribution in [0.25, 0.3) is 11.4 Å². The van der Waals surface area contributed by atoms with E-state index in [1.807, 2.05) is 12.1 Å². The molecule has 26 heavy (non-hydrogen) atoms. The third kappa shape index (κ3) is 4.12. The molecule has 3 rings (SSSR count). The van der Waals surface area contributed by atoms with Crippen molar-refractivity contribution >= 4 is 29.0 Å². The lowest BCUT2D eigenvalue weighted by Gasteiger charge is -2.05. The van der Waals surface area contributed by atoms with Crippen LogP contribution in [0.5, 0.6) is 0 Å². The fourth-order valence-corrected chi connectivity index (χ4v) is 2.49. The smallest absolute Gasteiger partial charge is 0.224 e. The van der Waals surface area contributed by atoms with E-state index >= 15 is 0 Å². The first kappa shape index (κ1) is 17.8. The lowest BCUT2D eigenvalue weighted by Crippen LogP contribution is -2.14. The normalized spacial score (nSPS) is 10.5. The van der Waals surface area contributed by atoms with Crippen LogP contribution >= 0.6 is 11.6 Å². The van der Waals surface area contributed by atoms with Crippen molar-refractivity contribution in [1.82, 2.24) is 20.2 Å². The summed E-state index contributed by atoms with van der Waals surface area (Å²) in [5, 5.41) is 15.3. The van der Waals surface area contributed by atoms with Crippen molar-refractivity contribution in [3.8, 4) is 11.4 Å². The number of rotatable bonds is 6. The molecule has 0 aliphatic rings. The van der Waals surface area contributed by atoms with Gasteiger partial charge in [-0.3, -0.25) is 9.59 Å². The summed E-state index contributed by atoms with van der Waals surface area (Å²) in [7, 11) is 0. The SMILES string of the molecule is CCC(=O)Nc1ccc(C(=O)Cn2nnc(-c3ccccc3Cl)n2)cc1. The lowest BCUT2D eigenvalue weighted by molar-refractivity contribution is -0.115. The average Bonchev–Trinajstić information content (AvgIpc) is 3.10. The molecule has 0 atom stereocenters. The molecule has 0 fully saturated rings. The summed E-state index contributed by atoms with van der Waals surface area (Å²) in [6, 6.07) is 13.8. The van der Waals surface area contributed by atoms with Crippen LogP contribution in [0, 0.1) is 0 Å². The Morgan fingerprint density at radius 2 is 1.85 bits per heavy atom. The van der Waals surface area contributed by atoms with Crippen LogP contribution in [0.2, 0.25) is 5.02 Å². The van der Waals surface area contributed by atoms with Gasteiger partial charge in [-0.25, -0.2) is 0 Å². The minimum atomic E-state index is -0.165. The van der Waals surface area contributed by atoms with E-state index in [1.54, 1.807) is 43.3 Å². The first-order chi connectivity index (χ1) is 12.6. The maximum Gasteiger partial charge on any atom is 0.224 e. The third-order valence-electron chi connectivity index (χ3n) is 3.66. The van der Waals surface area contributed by atoms with Crippen LogP contribution in [-0.4, -0.2) is 31.9 Å². The second-order valence-electron chi connectivity index (χ2n) is 5.53. The van der Waals surface area contributed by atoms with Gasteiger partial charge < -0.3 is 5.32 Å². The summed E-state index contributed by atoms with van der Waals surface area (Å²) in [5.41, 5.74) is 1.80. The number of anilines is 1. The highest BCUT2D eigenvalue weighted by Crippen LogP contribution is 2.23. The molecular formula is C18H16ClN5O2. The van der Waals surface area contributed by atoms with Crippen molar-refractivity contribution in [2.75, 3.05) is 5.32 Å². The molecule has 0 saturated carbocycles. The van der Waals surface area contributed by atoms with Gasteiger partial charge in [-0.1, -0.05) is 30.7 Å². The molecule has 3 aromatic rings. The van der Waals surface area contributed by atoms with Crippen molar-refractivity contribution in [3.05, 3.63) is 59.1 Å². The maximum absolute atomic E-state index is 12.4. The average molecular weight is 370 g/mol. The fourth-order valence-electron chi connectivity index (χ4n) is 2.27. The van der Waals surface area contributed by atoms with E-state index in [2.05, 4.69) is 20.7 Å². The zero-order valence-corrected chi connectivity index (χ0v) is 14.8. The summed E-state index contributed by atoms with van der Waals surface area (Å²) in [4.78, 5) is 25.0. The Morgan fingerprint density at radius 3 is 2.54 bits per heavy atom. The first-order valence-electron chi connectivity index (χ1n) is 8.02. The quantitative estimate of drug-likeness (QED) is 0.674. The summed E-state index contributed by atoms with van der Waals surface area (Å²) in [6.45, 7) is 1.73. The topological polar surface area (TPSA) is 89.8 Å². The molecule has 1 aromatic heterocycles. The number of ketones is 1. The van der Waals surface area contributed by atoms with Gasteiger partial charge in [0, 0.05) is 23.2 Å².